The van der Waals surface area contributed by atoms with E-state index in [-0.39, 0.29) is 37.4 Å². The summed E-state index contributed by atoms with van der Waals surface area (Å²) in [4.78, 5) is 45.0. The van der Waals surface area contributed by atoms with Crippen LogP contribution in [-0.4, -0.2) is 65.9 Å². The van der Waals surface area contributed by atoms with Gasteiger partial charge in [-0.25, -0.2) is 0 Å². The van der Waals surface area contributed by atoms with Gasteiger partial charge in [0.15, 0.2) is 0 Å². The fourth-order valence-corrected chi connectivity index (χ4v) is 8.24. The van der Waals surface area contributed by atoms with E-state index in [4.69, 9.17) is 0 Å². The van der Waals surface area contributed by atoms with Crippen molar-refractivity contribution in [1.82, 2.24) is 9.80 Å². The van der Waals surface area contributed by atoms with Gasteiger partial charge in [-0.05, 0) is 54.9 Å². The molecule has 1 aromatic rings. The van der Waals surface area contributed by atoms with Crippen molar-refractivity contribution in [3.63, 3.8) is 0 Å². The van der Waals surface area contributed by atoms with Gasteiger partial charge in [-0.2, -0.15) is 0 Å². The van der Waals surface area contributed by atoms with Crippen LogP contribution in [0.2, 0.25) is 0 Å². The summed E-state index contributed by atoms with van der Waals surface area (Å²) in [5.74, 6) is 3.04. The molecule has 160 valence electrons. The Morgan fingerprint density at radius 3 is 2.60 bits per heavy atom. The van der Waals surface area contributed by atoms with Crippen LogP contribution in [0.3, 0.4) is 0 Å². The number of nitrogens with zero attached hydrogens (tertiary/aromatic N) is 3. The molecule has 2 aliphatic heterocycles. The zero-order valence-corrected chi connectivity index (χ0v) is 18.0. The maximum Gasteiger partial charge on any atom is 0.257 e. The molecule has 5 aliphatic rings. The van der Waals surface area contributed by atoms with E-state index in [9.17, 15) is 19.5 Å². The minimum atomic E-state index is -0.175. The van der Waals surface area contributed by atoms with Crippen LogP contribution in [0.1, 0.15) is 40.1 Å². The molecule has 2 bridgehead atoms. The Balaban J connectivity index is 1.28. The Bertz CT molecular complexity index is 942. The summed E-state index contributed by atoms with van der Waals surface area (Å²) in [5, 5.41) is 10.1. The van der Waals surface area contributed by atoms with Gasteiger partial charge in [0, 0.05) is 30.9 Å². The van der Waals surface area contributed by atoms with Crippen molar-refractivity contribution >= 4 is 34.1 Å². The number of aliphatic hydroxyl groups excluding tert-OH is 1. The van der Waals surface area contributed by atoms with Crippen LogP contribution in [-0.2, 0) is 22.6 Å². The average molecular weight is 430 g/mol. The van der Waals surface area contributed by atoms with Crippen LogP contribution in [0.4, 0.5) is 5.00 Å². The van der Waals surface area contributed by atoms with Crippen molar-refractivity contribution in [2.75, 3.05) is 38.2 Å². The summed E-state index contributed by atoms with van der Waals surface area (Å²) in [6.07, 6.45) is 4.61. The van der Waals surface area contributed by atoms with E-state index >= 15 is 0 Å². The zero-order valence-electron chi connectivity index (χ0n) is 17.2. The molecule has 0 saturated heterocycles. The summed E-state index contributed by atoms with van der Waals surface area (Å²) >= 11 is 1.45. The lowest BCUT2D eigenvalue weighted by Crippen LogP contribution is -2.39. The van der Waals surface area contributed by atoms with Gasteiger partial charge in [0.1, 0.15) is 11.5 Å². The Morgan fingerprint density at radius 1 is 1.17 bits per heavy atom. The first-order valence-electron chi connectivity index (χ1n) is 11.1. The van der Waals surface area contributed by atoms with E-state index in [1.807, 2.05) is 4.90 Å². The van der Waals surface area contributed by atoms with Crippen molar-refractivity contribution in [1.29, 1.82) is 0 Å². The molecule has 5 atom stereocenters. The fraction of sp³-hybridized carbons (Fsp3) is 0.682. The first-order valence-corrected chi connectivity index (χ1v) is 11.9. The molecule has 3 aliphatic carbocycles. The van der Waals surface area contributed by atoms with Crippen molar-refractivity contribution in [2.45, 2.75) is 32.2 Å². The topological polar surface area (TPSA) is 81.2 Å². The van der Waals surface area contributed by atoms with Gasteiger partial charge in [0.25, 0.3) is 5.91 Å². The second kappa shape index (κ2) is 6.53. The molecule has 3 heterocycles. The van der Waals surface area contributed by atoms with E-state index in [0.29, 0.717) is 47.8 Å². The highest BCUT2D eigenvalue weighted by atomic mass is 32.1. The summed E-state index contributed by atoms with van der Waals surface area (Å²) in [5.41, 5.74) is 1.59. The van der Waals surface area contributed by atoms with Gasteiger partial charge in [0.05, 0.1) is 18.7 Å². The Labute approximate surface area is 179 Å². The molecule has 1 N–H and O–H groups in total. The third-order valence-electron chi connectivity index (χ3n) is 8.17. The largest absolute Gasteiger partial charge is 0.395 e. The predicted octanol–water partition coefficient (Wildman–Crippen LogP) is 1.34. The number of thiophene rings is 1. The number of amides is 3. The van der Waals surface area contributed by atoms with Gasteiger partial charge in [-0.15, -0.1) is 11.3 Å². The Kier molecular flexibility index (Phi) is 4.10. The van der Waals surface area contributed by atoms with Crippen LogP contribution in [0.5, 0.6) is 0 Å². The first-order chi connectivity index (χ1) is 14.5. The molecule has 7 nitrogen and oxygen atoms in total. The fourth-order valence-electron chi connectivity index (χ4n) is 6.84. The molecule has 3 fully saturated rings. The number of fused-ring (bicyclic) bond motifs is 8. The molecule has 0 radical (unpaired) electrons. The third kappa shape index (κ3) is 2.49. The van der Waals surface area contributed by atoms with Crippen molar-refractivity contribution in [3.05, 3.63) is 16.0 Å². The second-order valence-electron chi connectivity index (χ2n) is 9.64. The van der Waals surface area contributed by atoms with Gasteiger partial charge < -0.3 is 14.9 Å². The summed E-state index contributed by atoms with van der Waals surface area (Å²) in [7, 11) is 1.65. The maximum absolute atomic E-state index is 13.3. The van der Waals surface area contributed by atoms with Crippen LogP contribution in [0, 0.1) is 29.6 Å². The van der Waals surface area contributed by atoms with E-state index in [1.165, 1.54) is 35.5 Å². The Hall–Kier alpha value is -1.93. The molecular formula is C22H27N3O4S. The third-order valence-corrected chi connectivity index (χ3v) is 9.41. The van der Waals surface area contributed by atoms with Gasteiger partial charge in [-0.1, -0.05) is 0 Å². The summed E-state index contributed by atoms with van der Waals surface area (Å²) in [6.45, 7) is 1.24. The monoisotopic (exact) mass is 429 g/mol. The summed E-state index contributed by atoms with van der Waals surface area (Å²) < 4.78 is 0. The molecule has 6 rings (SSSR count). The van der Waals surface area contributed by atoms with E-state index < -0.39 is 0 Å². The molecule has 8 heteroatoms. The number of hydrogen-bond donors (Lipinski definition) is 1. The van der Waals surface area contributed by atoms with E-state index in [0.717, 1.165) is 22.3 Å². The molecule has 3 saturated carbocycles. The highest BCUT2D eigenvalue weighted by molar-refractivity contribution is 7.17. The lowest BCUT2D eigenvalue weighted by Gasteiger charge is -2.28. The number of rotatable bonds is 3. The highest BCUT2D eigenvalue weighted by Gasteiger charge is 2.68. The normalized spacial score (nSPS) is 34.1. The minimum absolute atomic E-state index is 0.0202. The van der Waals surface area contributed by atoms with Crippen molar-refractivity contribution in [3.8, 4) is 0 Å². The van der Waals surface area contributed by atoms with Crippen molar-refractivity contribution in [2.24, 2.45) is 29.6 Å². The maximum atomic E-state index is 13.3. The molecule has 1 aromatic heterocycles. The number of likely N-dealkylation sites (N-methyl/N-ethyl adjacent to an activating group) is 1. The van der Waals surface area contributed by atoms with Crippen molar-refractivity contribution < 1.29 is 19.5 Å². The number of anilines is 1. The SMILES string of the molecule is CN1CC(=O)N(CCO)c2sc3c(c2C1=O)CCN(C(=O)C1[C@@H]2[C@H]4CC[C@H](C4)[C@H]12)C3. The second-order valence-corrected chi connectivity index (χ2v) is 10.7. The average Bonchev–Trinajstić information content (AvgIpc) is 3.03. The molecular weight excluding hydrogens is 402 g/mol. The number of β-amino-alcohol motifs (C(OH)–C–C–N with tert-alkyl or cyclic N) is 1. The highest BCUT2D eigenvalue weighted by Crippen LogP contribution is 2.69. The molecule has 0 spiro atoms. The number of carbonyl (C=O) groups excluding carboxylic acids is 3. The van der Waals surface area contributed by atoms with E-state index in [2.05, 4.69) is 0 Å². The van der Waals surface area contributed by atoms with Crippen LogP contribution >= 0.6 is 11.3 Å². The number of carbonyl (C=O) groups is 3. The minimum Gasteiger partial charge on any atom is -0.395 e. The molecule has 0 aromatic carbocycles. The van der Waals surface area contributed by atoms with E-state index in [1.54, 1.807) is 11.9 Å². The quantitative estimate of drug-likeness (QED) is 0.786. The van der Waals surface area contributed by atoms with Crippen LogP contribution in [0.25, 0.3) is 0 Å². The van der Waals surface area contributed by atoms with Gasteiger partial charge in [0.2, 0.25) is 11.8 Å². The lowest BCUT2D eigenvalue weighted by molar-refractivity contribution is -0.134. The molecule has 1 unspecified atom stereocenters. The van der Waals surface area contributed by atoms with Gasteiger partial charge in [-0.3, -0.25) is 19.3 Å². The standard InChI is InChI=1S/C22H27N3O4S/c1-23-10-15(27)25(6-7-26)22-18(20(23)28)13-4-5-24(9-14(13)30-22)21(29)19-16-11-2-3-12(8-11)17(16)19/h11-12,16-17,19,26H,2-10H2,1H3/t11-,12+,16+,17-,19?. The van der Waals surface area contributed by atoms with Crippen LogP contribution in [0.15, 0.2) is 0 Å². The molecule has 3 amide bonds. The predicted molar refractivity (Wildman–Crippen MR) is 111 cm³/mol. The lowest BCUT2D eigenvalue weighted by atomic mass is 9.99. The Morgan fingerprint density at radius 2 is 1.90 bits per heavy atom. The summed E-state index contributed by atoms with van der Waals surface area (Å²) in [6, 6.07) is 0. The zero-order chi connectivity index (χ0) is 20.7. The smallest absolute Gasteiger partial charge is 0.257 e. The van der Waals surface area contributed by atoms with Gasteiger partial charge >= 0.3 is 0 Å². The number of hydrogen-bond acceptors (Lipinski definition) is 5. The first kappa shape index (κ1) is 18.8. The molecule has 30 heavy (non-hydrogen) atoms. The van der Waals surface area contributed by atoms with Crippen LogP contribution < -0.4 is 4.90 Å². The number of aliphatic hydroxyl groups is 1.